The van der Waals surface area contributed by atoms with Crippen molar-refractivity contribution in [2.75, 3.05) is 6.54 Å². The summed E-state index contributed by atoms with van der Waals surface area (Å²) in [6.07, 6.45) is 6.03. The summed E-state index contributed by atoms with van der Waals surface area (Å²) in [6, 6.07) is 7.97. The fourth-order valence-corrected chi connectivity index (χ4v) is 2.82. The number of rotatable bonds is 7. The highest BCUT2D eigenvalue weighted by molar-refractivity contribution is 5.75. The lowest BCUT2D eigenvalue weighted by molar-refractivity contribution is -0.121. The van der Waals surface area contributed by atoms with E-state index in [-0.39, 0.29) is 5.91 Å². The van der Waals surface area contributed by atoms with Crippen LogP contribution in [0.3, 0.4) is 0 Å². The first-order valence-electron chi connectivity index (χ1n) is 8.32. The predicted octanol–water partition coefficient (Wildman–Crippen LogP) is 2.29. The van der Waals surface area contributed by atoms with Crippen molar-refractivity contribution in [1.29, 1.82) is 0 Å². The highest BCUT2D eigenvalue weighted by atomic mass is 16.1. The van der Waals surface area contributed by atoms with Gasteiger partial charge in [0.1, 0.15) is 5.65 Å². The van der Waals surface area contributed by atoms with Crippen LogP contribution in [0.1, 0.15) is 29.9 Å². The van der Waals surface area contributed by atoms with Crippen LogP contribution in [0.2, 0.25) is 0 Å². The second-order valence-electron chi connectivity index (χ2n) is 6.05. The number of fused-ring (bicyclic) bond motifs is 1. The maximum absolute atomic E-state index is 11.9. The van der Waals surface area contributed by atoms with Crippen LogP contribution in [0.4, 0.5) is 0 Å². The van der Waals surface area contributed by atoms with Gasteiger partial charge in [-0.2, -0.15) is 5.10 Å². The van der Waals surface area contributed by atoms with Gasteiger partial charge in [-0.25, -0.2) is 4.98 Å². The molecular weight excluding hydrogens is 302 g/mol. The third-order valence-electron chi connectivity index (χ3n) is 3.99. The van der Waals surface area contributed by atoms with E-state index in [0.29, 0.717) is 13.0 Å². The van der Waals surface area contributed by atoms with E-state index in [1.165, 1.54) is 0 Å². The highest BCUT2D eigenvalue weighted by Crippen LogP contribution is 2.05. The molecule has 3 rings (SSSR count). The number of pyridine rings is 1. The van der Waals surface area contributed by atoms with E-state index >= 15 is 0 Å². The quantitative estimate of drug-likeness (QED) is 0.725. The minimum absolute atomic E-state index is 0.0836. The molecule has 126 valence electrons. The molecule has 0 aromatic carbocycles. The molecule has 0 fully saturated rings. The van der Waals surface area contributed by atoms with E-state index in [4.69, 9.17) is 0 Å². The SMILES string of the molecule is Cc1cc(C)n(CCCC(=O)NCCc2cn3ccccc3n2)n1. The number of nitrogens with zero attached hydrogens (tertiary/aromatic N) is 4. The fraction of sp³-hybridized carbons (Fsp3) is 0.389. The van der Waals surface area contributed by atoms with Crippen molar-refractivity contribution in [2.24, 2.45) is 0 Å². The van der Waals surface area contributed by atoms with Gasteiger partial charge in [-0.1, -0.05) is 6.07 Å². The Hall–Kier alpha value is -2.63. The molecule has 6 heteroatoms. The van der Waals surface area contributed by atoms with Crippen LogP contribution < -0.4 is 5.32 Å². The number of carbonyl (C=O) groups excluding carboxylic acids is 1. The second-order valence-corrected chi connectivity index (χ2v) is 6.05. The average molecular weight is 325 g/mol. The fourth-order valence-electron chi connectivity index (χ4n) is 2.82. The van der Waals surface area contributed by atoms with Crippen molar-refractivity contribution in [2.45, 2.75) is 39.7 Å². The van der Waals surface area contributed by atoms with Crippen molar-refractivity contribution < 1.29 is 4.79 Å². The number of aromatic nitrogens is 4. The van der Waals surface area contributed by atoms with Crippen molar-refractivity contribution in [3.63, 3.8) is 0 Å². The molecule has 24 heavy (non-hydrogen) atoms. The smallest absolute Gasteiger partial charge is 0.220 e. The third-order valence-corrected chi connectivity index (χ3v) is 3.99. The van der Waals surface area contributed by atoms with E-state index in [1.807, 2.05) is 53.5 Å². The van der Waals surface area contributed by atoms with E-state index in [9.17, 15) is 4.79 Å². The van der Waals surface area contributed by atoms with Crippen LogP contribution in [-0.2, 0) is 17.8 Å². The van der Waals surface area contributed by atoms with Crippen molar-refractivity contribution in [3.05, 3.63) is 53.7 Å². The first-order chi connectivity index (χ1) is 11.6. The molecule has 1 N–H and O–H groups in total. The summed E-state index contributed by atoms with van der Waals surface area (Å²) >= 11 is 0. The van der Waals surface area contributed by atoms with Crippen molar-refractivity contribution >= 4 is 11.6 Å². The summed E-state index contributed by atoms with van der Waals surface area (Å²) in [7, 11) is 0. The van der Waals surface area contributed by atoms with Gasteiger partial charge in [-0.3, -0.25) is 9.48 Å². The molecular formula is C18H23N5O. The molecule has 0 radical (unpaired) electrons. The molecule has 3 aromatic heterocycles. The molecule has 0 atom stereocenters. The zero-order chi connectivity index (χ0) is 16.9. The van der Waals surface area contributed by atoms with Gasteiger partial charge < -0.3 is 9.72 Å². The Labute approximate surface area is 141 Å². The molecule has 3 aromatic rings. The number of amides is 1. The molecule has 6 nitrogen and oxygen atoms in total. The molecule has 0 spiro atoms. The summed E-state index contributed by atoms with van der Waals surface area (Å²) in [5.41, 5.74) is 4.08. The van der Waals surface area contributed by atoms with Gasteiger partial charge in [-0.15, -0.1) is 0 Å². The van der Waals surface area contributed by atoms with Gasteiger partial charge >= 0.3 is 0 Å². The number of hydrogen-bond acceptors (Lipinski definition) is 3. The number of aryl methyl sites for hydroxylation is 3. The van der Waals surface area contributed by atoms with E-state index in [2.05, 4.69) is 21.5 Å². The van der Waals surface area contributed by atoms with Crippen LogP contribution in [0.25, 0.3) is 5.65 Å². The second kappa shape index (κ2) is 7.29. The largest absolute Gasteiger partial charge is 0.356 e. The van der Waals surface area contributed by atoms with Crippen LogP contribution in [0, 0.1) is 13.8 Å². The lowest BCUT2D eigenvalue weighted by atomic mass is 10.2. The van der Waals surface area contributed by atoms with Gasteiger partial charge in [0.15, 0.2) is 0 Å². The minimum Gasteiger partial charge on any atom is -0.356 e. The zero-order valence-electron chi connectivity index (χ0n) is 14.2. The highest BCUT2D eigenvalue weighted by Gasteiger charge is 2.05. The van der Waals surface area contributed by atoms with Crippen molar-refractivity contribution in [3.8, 4) is 0 Å². The Balaban J connectivity index is 1.38. The number of imidazole rings is 1. The first-order valence-corrected chi connectivity index (χ1v) is 8.32. The zero-order valence-corrected chi connectivity index (χ0v) is 14.2. The molecule has 0 aliphatic heterocycles. The van der Waals surface area contributed by atoms with Crippen LogP contribution in [0.15, 0.2) is 36.7 Å². The summed E-state index contributed by atoms with van der Waals surface area (Å²) in [6.45, 7) is 5.41. The third kappa shape index (κ3) is 4.01. The van der Waals surface area contributed by atoms with Gasteiger partial charge in [0.25, 0.3) is 0 Å². The Bertz CT molecular complexity index is 800. The van der Waals surface area contributed by atoms with E-state index < -0.39 is 0 Å². The molecule has 0 aliphatic rings. The van der Waals surface area contributed by atoms with Crippen molar-refractivity contribution in [1.82, 2.24) is 24.5 Å². The monoisotopic (exact) mass is 325 g/mol. The molecule has 0 saturated carbocycles. The topological polar surface area (TPSA) is 64.2 Å². The summed E-state index contributed by atoms with van der Waals surface area (Å²) in [5.74, 6) is 0.0836. The molecule has 0 aliphatic carbocycles. The predicted molar refractivity (Wildman–Crippen MR) is 92.8 cm³/mol. The first kappa shape index (κ1) is 16.2. The number of carbonyl (C=O) groups is 1. The average Bonchev–Trinajstić information content (AvgIpc) is 3.09. The molecule has 0 saturated heterocycles. The molecule has 1 amide bonds. The summed E-state index contributed by atoms with van der Waals surface area (Å²) in [5, 5.41) is 7.37. The van der Waals surface area contributed by atoms with Gasteiger partial charge in [-0.05, 0) is 38.5 Å². The molecule has 0 bridgehead atoms. The van der Waals surface area contributed by atoms with Gasteiger partial charge in [0, 0.05) is 44.0 Å². The molecule has 0 unspecified atom stereocenters. The lowest BCUT2D eigenvalue weighted by Crippen LogP contribution is -2.25. The Morgan fingerprint density at radius 3 is 2.92 bits per heavy atom. The summed E-state index contributed by atoms with van der Waals surface area (Å²) < 4.78 is 3.95. The van der Waals surface area contributed by atoms with Crippen LogP contribution in [-0.4, -0.2) is 31.6 Å². The van der Waals surface area contributed by atoms with Crippen LogP contribution in [0.5, 0.6) is 0 Å². The minimum atomic E-state index is 0.0836. The normalized spacial score (nSPS) is 11.1. The van der Waals surface area contributed by atoms with Gasteiger partial charge in [0.05, 0.1) is 11.4 Å². The number of nitrogens with one attached hydrogen (secondary N) is 1. The van der Waals surface area contributed by atoms with Crippen LogP contribution >= 0.6 is 0 Å². The number of hydrogen-bond donors (Lipinski definition) is 1. The maximum atomic E-state index is 11.9. The standard InChI is InChI=1S/C18H23N5O/c1-14-12-15(2)23(21-14)11-5-7-18(24)19-9-8-16-13-22-10-4-3-6-17(22)20-16/h3-4,6,10,12-13H,5,7-9,11H2,1-2H3,(H,19,24). The van der Waals surface area contributed by atoms with E-state index in [1.54, 1.807) is 0 Å². The Morgan fingerprint density at radius 1 is 1.29 bits per heavy atom. The lowest BCUT2D eigenvalue weighted by Gasteiger charge is -2.05. The van der Waals surface area contributed by atoms with E-state index in [0.717, 1.165) is 42.1 Å². The maximum Gasteiger partial charge on any atom is 0.220 e. The Morgan fingerprint density at radius 2 is 2.17 bits per heavy atom. The van der Waals surface area contributed by atoms with Gasteiger partial charge in [0.2, 0.25) is 5.91 Å². The summed E-state index contributed by atoms with van der Waals surface area (Å²) in [4.78, 5) is 16.4. The Kier molecular flexibility index (Phi) is 4.93. The molecule has 3 heterocycles.